The van der Waals surface area contributed by atoms with Gasteiger partial charge in [0.15, 0.2) is 5.82 Å². The van der Waals surface area contributed by atoms with E-state index in [9.17, 15) is 0 Å². The van der Waals surface area contributed by atoms with Gasteiger partial charge in [-0.1, -0.05) is 30.3 Å². The summed E-state index contributed by atoms with van der Waals surface area (Å²) in [6, 6.07) is 10.3. The van der Waals surface area contributed by atoms with Crippen molar-refractivity contribution in [1.82, 2.24) is 15.0 Å². The van der Waals surface area contributed by atoms with Crippen molar-refractivity contribution < 1.29 is 4.74 Å². The minimum Gasteiger partial charge on any atom is -0.378 e. The Labute approximate surface area is 122 Å². The van der Waals surface area contributed by atoms with Crippen molar-refractivity contribution in [2.75, 3.05) is 31.2 Å². The maximum Gasteiger partial charge on any atom is 0.156 e. The molecule has 1 N–H and O–H groups in total. The van der Waals surface area contributed by atoms with Crippen LogP contribution in [-0.2, 0) is 4.74 Å². The molecule has 1 aliphatic rings. The van der Waals surface area contributed by atoms with Crippen LogP contribution in [0.25, 0.3) is 22.2 Å². The van der Waals surface area contributed by atoms with Crippen LogP contribution in [0.4, 0.5) is 5.82 Å². The monoisotopic (exact) mass is 280 g/mol. The Morgan fingerprint density at radius 2 is 1.86 bits per heavy atom. The quantitative estimate of drug-likeness (QED) is 0.783. The predicted molar refractivity (Wildman–Crippen MR) is 82.4 cm³/mol. The molecule has 1 saturated heterocycles. The third kappa shape index (κ3) is 2.15. The van der Waals surface area contributed by atoms with Crippen LogP contribution in [0.1, 0.15) is 0 Å². The molecule has 1 aromatic carbocycles. The molecule has 2 aromatic heterocycles. The maximum absolute atomic E-state index is 5.41. The highest BCUT2D eigenvalue weighted by Gasteiger charge is 2.18. The zero-order valence-corrected chi connectivity index (χ0v) is 11.6. The average molecular weight is 280 g/mol. The number of anilines is 1. The zero-order valence-electron chi connectivity index (χ0n) is 11.6. The number of rotatable bonds is 2. The number of nitrogens with zero attached hydrogens (tertiary/aromatic N) is 3. The lowest BCUT2D eigenvalue weighted by Crippen LogP contribution is -2.36. The van der Waals surface area contributed by atoms with Crippen LogP contribution in [0.2, 0.25) is 0 Å². The average Bonchev–Trinajstić information content (AvgIpc) is 3.00. The molecule has 21 heavy (non-hydrogen) atoms. The molecule has 0 atom stereocenters. The largest absolute Gasteiger partial charge is 0.378 e. The summed E-state index contributed by atoms with van der Waals surface area (Å²) in [5, 5.41) is 0. The van der Waals surface area contributed by atoms with Gasteiger partial charge in [0, 0.05) is 24.8 Å². The third-order valence-electron chi connectivity index (χ3n) is 3.84. The third-order valence-corrected chi connectivity index (χ3v) is 3.84. The van der Waals surface area contributed by atoms with Crippen LogP contribution in [-0.4, -0.2) is 41.3 Å². The van der Waals surface area contributed by atoms with Gasteiger partial charge in [0.25, 0.3) is 0 Å². The summed E-state index contributed by atoms with van der Waals surface area (Å²) in [4.78, 5) is 14.5. The number of aromatic amines is 1. The van der Waals surface area contributed by atoms with Gasteiger partial charge >= 0.3 is 0 Å². The molecule has 1 fully saturated rings. The molecule has 5 nitrogen and oxygen atoms in total. The Kier molecular flexibility index (Phi) is 3.05. The first-order chi connectivity index (χ1) is 10.4. The van der Waals surface area contributed by atoms with E-state index in [1.807, 2.05) is 24.4 Å². The molecule has 1 aliphatic heterocycles. The number of hydrogen-bond donors (Lipinski definition) is 1. The van der Waals surface area contributed by atoms with Gasteiger partial charge in [-0.25, -0.2) is 9.97 Å². The highest BCUT2D eigenvalue weighted by molar-refractivity contribution is 5.97. The van der Waals surface area contributed by atoms with Gasteiger partial charge in [0.05, 0.1) is 13.2 Å². The lowest BCUT2D eigenvalue weighted by molar-refractivity contribution is 0.122. The molecule has 0 unspecified atom stereocenters. The minimum absolute atomic E-state index is 0.748. The van der Waals surface area contributed by atoms with E-state index in [0.29, 0.717) is 0 Å². The van der Waals surface area contributed by atoms with E-state index in [4.69, 9.17) is 4.74 Å². The summed E-state index contributed by atoms with van der Waals surface area (Å²) < 4.78 is 5.41. The van der Waals surface area contributed by atoms with Crippen molar-refractivity contribution in [3.8, 4) is 11.1 Å². The summed E-state index contributed by atoms with van der Waals surface area (Å²) >= 11 is 0. The SMILES string of the molecule is c1ccc(-c2c[nH]c3c(N4CCOCC4)ncnc23)cc1. The van der Waals surface area contributed by atoms with Crippen LogP contribution in [0.3, 0.4) is 0 Å². The normalized spacial score (nSPS) is 15.5. The predicted octanol–water partition coefficient (Wildman–Crippen LogP) is 2.46. The van der Waals surface area contributed by atoms with Crippen molar-refractivity contribution in [2.45, 2.75) is 0 Å². The molecule has 0 aliphatic carbocycles. The number of H-pyrrole nitrogens is 1. The number of morpholine rings is 1. The standard InChI is InChI=1S/C16H16N4O/c1-2-4-12(5-3-1)13-10-17-15-14(13)18-11-19-16(15)20-6-8-21-9-7-20/h1-5,10-11,17H,6-9H2. The van der Waals surface area contributed by atoms with E-state index in [1.54, 1.807) is 6.33 Å². The second kappa shape index (κ2) is 5.18. The van der Waals surface area contributed by atoms with Gasteiger partial charge in [0.2, 0.25) is 0 Å². The molecule has 106 valence electrons. The first kappa shape index (κ1) is 12.3. The molecule has 0 spiro atoms. The molecular formula is C16H16N4O. The van der Waals surface area contributed by atoms with E-state index in [1.165, 1.54) is 0 Å². The number of fused-ring (bicyclic) bond motifs is 1. The van der Waals surface area contributed by atoms with Crippen molar-refractivity contribution in [2.24, 2.45) is 0 Å². The van der Waals surface area contributed by atoms with Gasteiger partial charge in [-0.05, 0) is 5.56 Å². The molecule has 0 amide bonds. The van der Waals surface area contributed by atoms with Crippen molar-refractivity contribution in [1.29, 1.82) is 0 Å². The highest BCUT2D eigenvalue weighted by atomic mass is 16.5. The van der Waals surface area contributed by atoms with Crippen LogP contribution in [0, 0.1) is 0 Å². The second-order valence-corrected chi connectivity index (χ2v) is 5.09. The smallest absolute Gasteiger partial charge is 0.156 e. The molecule has 4 rings (SSSR count). The fourth-order valence-electron chi connectivity index (χ4n) is 2.78. The highest BCUT2D eigenvalue weighted by Crippen LogP contribution is 2.31. The first-order valence-corrected chi connectivity index (χ1v) is 7.14. The fourth-order valence-corrected chi connectivity index (χ4v) is 2.78. The van der Waals surface area contributed by atoms with Gasteiger partial charge in [0.1, 0.15) is 17.4 Å². The van der Waals surface area contributed by atoms with E-state index < -0.39 is 0 Å². The maximum atomic E-state index is 5.41. The Morgan fingerprint density at radius 1 is 1.05 bits per heavy atom. The van der Waals surface area contributed by atoms with E-state index in [0.717, 1.165) is 54.3 Å². The van der Waals surface area contributed by atoms with E-state index in [-0.39, 0.29) is 0 Å². The van der Waals surface area contributed by atoms with Crippen LogP contribution < -0.4 is 4.90 Å². The summed E-state index contributed by atoms with van der Waals surface area (Å²) in [5.74, 6) is 0.963. The van der Waals surface area contributed by atoms with Crippen LogP contribution in [0.15, 0.2) is 42.9 Å². The Morgan fingerprint density at radius 3 is 2.67 bits per heavy atom. The number of nitrogens with one attached hydrogen (secondary N) is 1. The molecule has 5 heteroatoms. The van der Waals surface area contributed by atoms with Gasteiger partial charge in [-0.2, -0.15) is 0 Å². The van der Waals surface area contributed by atoms with Crippen LogP contribution in [0.5, 0.6) is 0 Å². The molecule has 0 bridgehead atoms. The van der Waals surface area contributed by atoms with Crippen molar-refractivity contribution >= 4 is 16.9 Å². The summed E-state index contributed by atoms with van der Waals surface area (Å²) in [6.07, 6.45) is 3.66. The summed E-state index contributed by atoms with van der Waals surface area (Å²) in [7, 11) is 0. The minimum atomic E-state index is 0.748. The molecule has 0 radical (unpaired) electrons. The summed E-state index contributed by atoms with van der Waals surface area (Å²) in [6.45, 7) is 3.23. The lowest BCUT2D eigenvalue weighted by Gasteiger charge is -2.27. The van der Waals surface area contributed by atoms with E-state index >= 15 is 0 Å². The number of aromatic nitrogens is 3. The Bertz CT molecular complexity index is 747. The molecule has 3 aromatic rings. The van der Waals surface area contributed by atoms with Crippen LogP contribution >= 0.6 is 0 Å². The van der Waals surface area contributed by atoms with Crippen molar-refractivity contribution in [3.63, 3.8) is 0 Å². The van der Waals surface area contributed by atoms with Crippen molar-refractivity contribution in [3.05, 3.63) is 42.9 Å². The topological polar surface area (TPSA) is 54.0 Å². The second-order valence-electron chi connectivity index (χ2n) is 5.09. The number of benzene rings is 1. The Balaban J connectivity index is 1.83. The number of hydrogen-bond acceptors (Lipinski definition) is 4. The molecule has 3 heterocycles. The van der Waals surface area contributed by atoms with Gasteiger partial charge in [-0.15, -0.1) is 0 Å². The number of ether oxygens (including phenoxy) is 1. The molecule has 0 saturated carbocycles. The zero-order chi connectivity index (χ0) is 14.1. The molecular weight excluding hydrogens is 264 g/mol. The Hall–Kier alpha value is -2.40. The van der Waals surface area contributed by atoms with E-state index in [2.05, 4.69) is 32.0 Å². The lowest BCUT2D eigenvalue weighted by atomic mass is 10.1. The fraction of sp³-hybridized carbons (Fsp3) is 0.250. The summed E-state index contributed by atoms with van der Waals surface area (Å²) in [5.41, 5.74) is 4.24. The van der Waals surface area contributed by atoms with Gasteiger partial charge in [-0.3, -0.25) is 0 Å². The van der Waals surface area contributed by atoms with Gasteiger partial charge < -0.3 is 14.6 Å². The first-order valence-electron chi connectivity index (χ1n) is 7.14.